The fourth-order valence-corrected chi connectivity index (χ4v) is 1.36. The van der Waals surface area contributed by atoms with E-state index in [9.17, 15) is 22.8 Å². The summed E-state index contributed by atoms with van der Waals surface area (Å²) in [4.78, 5) is 27.5. The number of methoxy groups -OCH3 is 1. The summed E-state index contributed by atoms with van der Waals surface area (Å²) in [6.07, 6.45) is -7.09. The Labute approximate surface area is 130 Å². The van der Waals surface area contributed by atoms with Crippen LogP contribution in [0.2, 0.25) is 0 Å². The Morgan fingerprint density at radius 3 is 1.96 bits per heavy atom. The average molecular weight is 335 g/mol. The van der Waals surface area contributed by atoms with Crippen LogP contribution in [0.15, 0.2) is 24.3 Å². The number of benzene rings is 1. The molecule has 0 aromatic heterocycles. The Bertz CT molecular complexity index is 563. The Hall–Kier alpha value is -2.45. The zero-order chi connectivity index (χ0) is 17.8. The lowest BCUT2D eigenvalue weighted by Gasteiger charge is -2.26. The van der Waals surface area contributed by atoms with Crippen LogP contribution in [0.4, 0.5) is 18.0 Å². The van der Waals surface area contributed by atoms with Crippen molar-refractivity contribution in [2.75, 3.05) is 7.11 Å². The molecule has 0 aliphatic heterocycles. The molecule has 0 radical (unpaired) electrons. The van der Waals surface area contributed by atoms with Gasteiger partial charge >= 0.3 is 18.4 Å². The van der Waals surface area contributed by atoms with Crippen molar-refractivity contribution in [1.29, 1.82) is 0 Å². The molecule has 0 atom stereocenters. The van der Waals surface area contributed by atoms with Gasteiger partial charge in [0.15, 0.2) is 0 Å². The number of hydroxylamine groups is 2. The van der Waals surface area contributed by atoms with Gasteiger partial charge < -0.3 is 14.3 Å². The van der Waals surface area contributed by atoms with Crippen LogP contribution in [0.1, 0.15) is 31.1 Å². The quantitative estimate of drug-likeness (QED) is 0.611. The van der Waals surface area contributed by atoms with E-state index in [2.05, 4.69) is 9.57 Å². The van der Waals surface area contributed by atoms with Crippen LogP contribution in [-0.2, 0) is 9.57 Å². The van der Waals surface area contributed by atoms with E-state index in [1.54, 1.807) is 0 Å². The summed E-state index contributed by atoms with van der Waals surface area (Å²) in [5.74, 6) is -0.961. The molecule has 1 rings (SSSR count). The molecule has 1 amide bonds. The van der Waals surface area contributed by atoms with Crippen molar-refractivity contribution in [1.82, 2.24) is 5.06 Å². The number of alkyl halides is 3. The third kappa shape index (κ3) is 5.68. The van der Waals surface area contributed by atoms with Gasteiger partial charge in [-0.05, 0) is 50.1 Å². The first-order valence-electron chi connectivity index (χ1n) is 6.40. The largest absolute Gasteiger partial charge is 0.523 e. The summed E-state index contributed by atoms with van der Waals surface area (Å²) in [6.45, 7) is 4.14. The van der Waals surface area contributed by atoms with Crippen molar-refractivity contribution in [3.05, 3.63) is 29.8 Å². The summed E-state index contributed by atoms with van der Waals surface area (Å²) in [7, 11) is 1.39. The van der Waals surface area contributed by atoms with Gasteiger partial charge in [0.05, 0.1) is 12.7 Å². The van der Waals surface area contributed by atoms with Crippen LogP contribution < -0.4 is 4.74 Å². The standard InChI is InChI=1S/C14H16F3NO5/c1-13(2,3)22-12(20)18(14(15,16)17)23-11(19)9-5-7-10(21-4)8-6-9/h5-8H,1-4H3. The molecule has 0 unspecified atom stereocenters. The minimum absolute atomic E-state index is 0.191. The van der Waals surface area contributed by atoms with E-state index in [1.165, 1.54) is 52.1 Å². The monoisotopic (exact) mass is 335 g/mol. The Balaban J connectivity index is 2.92. The molecule has 0 aliphatic carbocycles. The molecule has 0 heterocycles. The first-order valence-corrected chi connectivity index (χ1v) is 6.40. The predicted molar refractivity (Wildman–Crippen MR) is 72.5 cm³/mol. The number of rotatable bonds is 2. The third-order valence-electron chi connectivity index (χ3n) is 2.29. The van der Waals surface area contributed by atoms with Crippen molar-refractivity contribution < 1.29 is 37.1 Å². The minimum Gasteiger partial charge on any atom is -0.497 e. The fourth-order valence-electron chi connectivity index (χ4n) is 1.36. The number of halogens is 3. The van der Waals surface area contributed by atoms with Crippen molar-refractivity contribution >= 4 is 12.1 Å². The average Bonchev–Trinajstić information content (AvgIpc) is 2.41. The molecular weight excluding hydrogens is 319 g/mol. The maximum absolute atomic E-state index is 12.9. The smallest absolute Gasteiger partial charge is 0.497 e. The fraction of sp³-hybridized carbons (Fsp3) is 0.429. The van der Waals surface area contributed by atoms with Gasteiger partial charge in [0, 0.05) is 0 Å². The Kier molecular flexibility index (Phi) is 5.46. The van der Waals surface area contributed by atoms with Gasteiger partial charge in [-0.3, -0.25) is 0 Å². The molecule has 9 heteroatoms. The molecule has 1 aromatic carbocycles. The van der Waals surface area contributed by atoms with Gasteiger partial charge in [-0.15, -0.1) is 13.2 Å². The van der Waals surface area contributed by atoms with Gasteiger partial charge in [0.25, 0.3) is 0 Å². The third-order valence-corrected chi connectivity index (χ3v) is 2.29. The molecule has 0 bridgehead atoms. The molecule has 128 valence electrons. The second-order valence-electron chi connectivity index (χ2n) is 5.35. The first kappa shape index (κ1) is 18.6. The van der Waals surface area contributed by atoms with Gasteiger partial charge in [-0.25, -0.2) is 9.59 Å². The van der Waals surface area contributed by atoms with E-state index >= 15 is 0 Å². The molecule has 1 aromatic rings. The molecule has 0 N–H and O–H groups in total. The number of carbonyl (C=O) groups excluding carboxylic acids is 2. The molecule has 0 fully saturated rings. The van der Waals surface area contributed by atoms with Gasteiger partial charge in [-0.1, -0.05) is 0 Å². The highest BCUT2D eigenvalue weighted by Crippen LogP contribution is 2.25. The van der Waals surface area contributed by atoms with Crippen LogP contribution >= 0.6 is 0 Å². The van der Waals surface area contributed by atoms with Crippen molar-refractivity contribution in [3.8, 4) is 5.75 Å². The second kappa shape index (κ2) is 6.76. The van der Waals surface area contributed by atoms with E-state index in [4.69, 9.17) is 4.74 Å². The lowest BCUT2D eigenvalue weighted by Crippen LogP contribution is -2.46. The highest BCUT2D eigenvalue weighted by molar-refractivity contribution is 5.90. The lowest BCUT2D eigenvalue weighted by molar-refractivity contribution is -0.327. The summed E-state index contributed by atoms with van der Waals surface area (Å²) in [5, 5.41) is -1.05. The molecular formula is C14H16F3NO5. The number of hydrogen-bond donors (Lipinski definition) is 0. The Morgan fingerprint density at radius 2 is 1.57 bits per heavy atom. The topological polar surface area (TPSA) is 65.1 Å². The number of amides is 1. The molecule has 6 nitrogen and oxygen atoms in total. The predicted octanol–water partition coefficient (Wildman–Crippen LogP) is 3.52. The minimum atomic E-state index is -5.25. The number of nitrogens with zero attached hydrogens (tertiary/aromatic N) is 1. The second-order valence-corrected chi connectivity index (χ2v) is 5.35. The van der Waals surface area contributed by atoms with Crippen molar-refractivity contribution in [3.63, 3.8) is 0 Å². The van der Waals surface area contributed by atoms with Crippen LogP contribution in [0.25, 0.3) is 0 Å². The highest BCUT2D eigenvalue weighted by Gasteiger charge is 2.47. The number of ether oxygens (including phenoxy) is 2. The Morgan fingerprint density at radius 1 is 1.04 bits per heavy atom. The van der Waals surface area contributed by atoms with Gasteiger partial charge in [0.1, 0.15) is 11.4 Å². The van der Waals surface area contributed by atoms with Crippen molar-refractivity contribution in [2.45, 2.75) is 32.7 Å². The van der Waals surface area contributed by atoms with E-state index in [0.717, 1.165) is 0 Å². The van der Waals surface area contributed by atoms with E-state index in [-0.39, 0.29) is 5.56 Å². The summed E-state index contributed by atoms with van der Waals surface area (Å²) in [6, 6.07) is 5.12. The number of carbonyl (C=O) groups is 2. The van der Waals surface area contributed by atoms with E-state index in [1.807, 2.05) is 0 Å². The lowest BCUT2D eigenvalue weighted by atomic mass is 10.2. The highest BCUT2D eigenvalue weighted by atomic mass is 19.4. The molecule has 0 saturated carbocycles. The van der Waals surface area contributed by atoms with Crippen LogP contribution in [-0.4, -0.2) is 36.1 Å². The molecule has 0 saturated heterocycles. The maximum Gasteiger partial charge on any atom is 0.523 e. The molecule has 23 heavy (non-hydrogen) atoms. The van der Waals surface area contributed by atoms with E-state index < -0.39 is 29.0 Å². The first-order chi connectivity index (χ1) is 10.4. The summed E-state index contributed by atoms with van der Waals surface area (Å²) in [5.41, 5.74) is -1.38. The summed E-state index contributed by atoms with van der Waals surface area (Å²) < 4.78 is 48.0. The molecule has 0 spiro atoms. The van der Waals surface area contributed by atoms with Crippen LogP contribution in [0, 0.1) is 0 Å². The summed E-state index contributed by atoms with van der Waals surface area (Å²) >= 11 is 0. The van der Waals surface area contributed by atoms with E-state index in [0.29, 0.717) is 5.75 Å². The molecule has 0 aliphatic rings. The zero-order valence-electron chi connectivity index (χ0n) is 12.9. The maximum atomic E-state index is 12.9. The number of hydrogen-bond acceptors (Lipinski definition) is 5. The van der Waals surface area contributed by atoms with Gasteiger partial charge in [0.2, 0.25) is 0 Å². The normalized spacial score (nSPS) is 11.6. The van der Waals surface area contributed by atoms with Gasteiger partial charge in [-0.2, -0.15) is 0 Å². The zero-order valence-corrected chi connectivity index (χ0v) is 12.9. The van der Waals surface area contributed by atoms with Crippen LogP contribution in [0.5, 0.6) is 5.75 Å². The SMILES string of the molecule is COc1ccc(C(=O)ON(C(=O)OC(C)(C)C)C(F)(F)F)cc1. The van der Waals surface area contributed by atoms with Crippen molar-refractivity contribution in [2.24, 2.45) is 0 Å². The van der Waals surface area contributed by atoms with Crippen LogP contribution in [0.3, 0.4) is 0 Å².